The van der Waals surface area contributed by atoms with E-state index in [0.717, 1.165) is 10.2 Å². The topological polar surface area (TPSA) is 93.0 Å². The van der Waals surface area contributed by atoms with E-state index in [9.17, 15) is 10.1 Å². The van der Waals surface area contributed by atoms with Gasteiger partial charge in [-0.05, 0) is 41.4 Å². The van der Waals surface area contributed by atoms with E-state index in [0.29, 0.717) is 13.1 Å². The summed E-state index contributed by atoms with van der Waals surface area (Å²) in [5.74, 6) is 0.473. The number of hydrogen-bond donors (Lipinski definition) is 2. The van der Waals surface area contributed by atoms with Gasteiger partial charge in [0, 0.05) is 18.0 Å². The van der Waals surface area contributed by atoms with Crippen molar-refractivity contribution in [2.45, 2.75) is 13.3 Å². The fourth-order valence-electron chi connectivity index (χ4n) is 1.77. The van der Waals surface area contributed by atoms with Crippen LogP contribution in [0.1, 0.15) is 11.8 Å². The van der Waals surface area contributed by atoms with Gasteiger partial charge in [-0.15, -0.1) is 11.3 Å². The average Bonchev–Trinajstić information content (AvgIpc) is 2.85. The van der Waals surface area contributed by atoms with Crippen LogP contribution in [0.5, 0.6) is 0 Å². The Kier molecular flexibility index (Phi) is 5.45. The Labute approximate surface area is 134 Å². The molecule has 2 heterocycles. The molecule has 0 aliphatic heterocycles. The second-order valence-corrected chi connectivity index (χ2v) is 6.64. The van der Waals surface area contributed by atoms with E-state index in [-0.39, 0.29) is 17.3 Å². The van der Waals surface area contributed by atoms with E-state index in [4.69, 9.17) is 0 Å². The summed E-state index contributed by atoms with van der Waals surface area (Å²) in [7, 11) is 0. The molecule has 0 radical (unpaired) electrons. The highest BCUT2D eigenvalue weighted by atomic mass is 79.9. The standard InChI is InChI=1S/C12H14BrN5O2S/c1-2-14-11-10(18(19)20)12(17-7-16-11)15-6-5-8-3-4-9(13)21-8/h3-4,7H,2,5-6H2,1H3,(H2,14,15,16,17). The Morgan fingerprint density at radius 1 is 1.33 bits per heavy atom. The molecule has 2 rings (SSSR count). The SMILES string of the molecule is CCNc1ncnc(NCCc2ccc(Br)s2)c1[N+](=O)[O-]. The monoisotopic (exact) mass is 371 g/mol. The van der Waals surface area contributed by atoms with Crippen LogP contribution in [0.25, 0.3) is 0 Å². The largest absolute Gasteiger partial charge is 0.364 e. The summed E-state index contributed by atoms with van der Waals surface area (Å²) in [6.45, 7) is 2.98. The lowest BCUT2D eigenvalue weighted by atomic mass is 10.3. The highest BCUT2D eigenvalue weighted by molar-refractivity contribution is 9.11. The van der Waals surface area contributed by atoms with E-state index < -0.39 is 4.92 Å². The van der Waals surface area contributed by atoms with Gasteiger partial charge in [0.15, 0.2) is 0 Å². The molecule has 2 aromatic rings. The minimum atomic E-state index is -0.470. The van der Waals surface area contributed by atoms with Crippen molar-refractivity contribution in [2.75, 3.05) is 23.7 Å². The summed E-state index contributed by atoms with van der Waals surface area (Å²) in [5.41, 5.74) is -0.119. The van der Waals surface area contributed by atoms with Gasteiger partial charge in [0.1, 0.15) is 6.33 Å². The summed E-state index contributed by atoms with van der Waals surface area (Å²) >= 11 is 5.05. The molecule has 0 spiro atoms. The third-order valence-electron chi connectivity index (χ3n) is 2.64. The number of anilines is 2. The van der Waals surface area contributed by atoms with Crippen LogP contribution in [0, 0.1) is 10.1 Å². The molecule has 0 fully saturated rings. The van der Waals surface area contributed by atoms with Crippen LogP contribution in [0.4, 0.5) is 17.3 Å². The fraction of sp³-hybridized carbons (Fsp3) is 0.333. The number of halogens is 1. The third-order valence-corrected chi connectivity index (χ3v) is 4.33. The first kappa shape index (κ1) is 15.6. The summed E-state index contributed by atoms with van der Waals surface area (Å²) < 4.78 is 1.07. The first-order chi connectivity index (χ1) is 10.1. The number of rotatable bonds is 7. The van der Waals surface area contributed by atoms with Crippen molar-refractivity contribution in [3.05, 3.63) is 37.2 Å². The molecule has 9 heteroatoms. The number of hydrogen-bond acceptors (Lipinski definition) is 7. The van der Waals surface area contributed by atoms with E-state index in [1.165, 1.54) is 11.2 Å². The van der Waals surface area contributed by atoms with Crippen molar-refractivity contribution in [3.63, 3.8) is 0 Å². The number of nitrogens with one attached hydrogen (secondary N) is 2. The molecule has 0 bridgehead atoms. The van der Waals surface area contributed by atoms with Gasteiger partial charge in [-0.3, -0.25) is 10.1 Å². The van der Waals surface area contributed by atoms with Gasteiger partial charge in [0.2, 0.25) is 11.6 Å². The Morgan fingerprint density at radius 3 is 2.62 bits per heavy atom. The molecule has 0 saturated heterocycles. The lowest BCUT2D eigenvalue weighted by Gasteiger charge is -2.08. The van der Waals surface area contributed by atoms with E-state index in [1.807, 2.05) is 19.1 Å². The summed E-state index contributed by atoms with van der Waals surface area (Å²) in [6, 6.07) is 4.01. The van der Waals surface area contributed by atoms with Gasteiger partial charge in [-0.25, -0.2) is 9.97 Å². The first-order valence-electron chi connectivity index (χ1n) is 6.33. The van der Waals surface area contributed by atoms with Gasteiger partial charge in [-0.1, -0.05) is 0 Å². The fourth-order valence-corrected chi connectivity index (χ4v) is 3.25. The maximum atomic E-state index is 11.2. The van der Waals surface area contributed by atoms with Crippen molar-refractivity contribution in [2.24, 2.45) is 0 Å². The average molecular weight is 372 g/mol. The van der Waals surface area contributed by atoms with E-state index >= 15 is 0 Å². The molecule has 2 aromatic heterocycles. The second kappa shape index (κ2) is 7.32. The minimum Gasteiger partial charge on any atom is -0.364 e. The predicted molar refractivity (Wildman–Crippen MR) is 87.1 cm³/mol. The van der Waals surface area contributed by atoms with Gasteiger partial charge in [0.25, 0.3) is 0 Å². The van der Waals surface area contributed by atoms with Crippen molar-refractivity contribution in [1.82, 2.24) is 9.97 Å². The molecule has 0 aliphatic carbocycles. The Morgan fingerprint density at radius 2 is 2.05 bits per heavy atom. The number of nitro groups is 1. The summed E-state index contributed by atoms with van der Waals surface area (Å²) in [5, 5.41) is 17.1. The molecule has 0 amide bonds. The first-order valence-corrected chi connectivity index (χ1v) is 7.94. The van der Waals surface area contributed by atoms with Crippen LogP contribution in [0.3, 0.4) is 0 Å². The van der Waals surface area contributed by atoms with Crippen LogP contribution in [0.15, 0.2) is 22.2 Å². The normalized spacial score (nSPS) is 10.4. The predicted octanol–water partition coefficient (Wildman–Crippen LogP) is 3.30. The Bertz CT molecular complexity index is 634. The second-order valence-electron chi connectivity index (χ2n) is 4.09. The van der Waals surface area contributed by atoms with Crippen LogP contribution >= 0.6 is 27.3 Å². The molecule has 0 atom stereocenters. The molecule has 0 saturated carbocycles. The quantitative estimate of drug-likeness (QED) is 0.572. The summed E-state index contributed by atoms with van der Waals surface area (Å²) in [4.78, 5) is 19.8. The molecule has 112 valence electrons. The van der Waals surface area contributed by atoms with Crippen molar-refractivity contribution in [3.8, 4) is 0 Å². The van der Waals surface area contributed by atoms with Crippen molar-refractivity contribution >= 4 is 44.6 Å². The zero-order valence-electron chi connectivity index (χ0n) is 11.3. The molecule has 0 aliphatic rings. The third kappa shape index (κ3) is 4.11. The summed E-state index contributed by atoms with van der Waals surface area (Å²) in [6.07, 6.45) is 2.09. The van der Waals surface area contributed by atoms with Crippen LogP contribution in [-0.2, 0) is 6.42 Å². The molecule has 21 heavy (non-hydrogen) atoms. The zero-order valence-corrected chi connectivity index (χ0v) is 13.7. The van der Waals surface area contributed by atoms with Crippen LogP contribution in [-0.4, -0.2) is 28.0 Å². The lowest BCUT2D eigenvalue weighted by Crippen LogP contribution is -2.11. The number of nitrogens with zero attached hydrogens (tertiary/aromatic N) is 3. The molecule has 0 aromatic carbocycles. The Hall–Kier alpha value is -1.74. The van der Waals surface area contributed by atoms with E-state index in [1.54, 1.807) is 11.3 Å². The van der Waals surface area contributed by atoms with Gasteiger partial charge in [-0.2, -0.15) is 0 Å². The minimum absolute atomic E-state index is 0.119. The molecule has 7 nitrogen and oxygen atoms in total. The highest BCUT2D eigenvalue weighted by Crippen LogP contribution is 2.29. The molecule has 2 N–H and O–H groups in total. The molecular weight excluding hydrogens is 358 g/mol. The smallest absolute Gasteiger partial charge is 0.353 e. The van der Waals surface area contributed by atoms with Crippen molar-refractivity contribution < 1.29 is 4.92 Å². The molecular formula is C12H14BrN5O2S. The number of aromatic nitrogens is 2. The zero-order chi connectivity index (χ0) is 15.2. The van der Waals surface area contributed by atoms with E-state index in [2.05, 4.69) is 36.5 Å². The maximum Gasteiger partial charge on any atom is 0.353 e. The van der Waals surface area contributed by atoms with Gasteiger partial charge in [0.05, 0.1) is 8.71 Å². The van der Waals surface area contributed by atoms with Gasteiger partial charge < -0.3 is 10.6 Å². The van der Waals surface area contributed by atoms with Crippen LogP contribution in [0.2, 0.25) is 0 Å². The number of thiophene rings is 1. The maximum absolute atomic E-state index is 11.2. The molecule has 0 unspecified atom stereocenters. The van der Waals surface area contributed by atoms with Crippen LogP contribution < -0.4 is 10.6 Å². The lowest BCUT2D eigenvalue weighted by molar-refractivity contribution is -0.383. The van der Waals surface area contributed by atoms with Crippen molar-refractivity contribution in [1.29, 1.82) is 0 Å². The highest BCUT2D eigenvalue weighted by Gasteiger charge is 2.22. The van der Waals surface area contributed by atoms with Gasteiger partial charge >= 0.3 is 5.69 Å². The Balaban J connectivity index is 2.08.